The summed E-state index contributed by atoms with van der Waals surface area (Å²) in [5, 5.41) is 13.7. The number of benzene rings is 1. The second kappa shape index (κ2) is 7.67. The maximum absolute atomic E-state index is 10.2. The van der Waals surface area contributed by atoms with Crippen LogP contribution >= 0.6 is 0 Å². The molecule has 4 aromatic rings. The number of anilines is 4. The van der Waals surface area contributed by atoms with Gasteiger partial charge in [0, 0.05) is 54.9 Å². The highest BCUT2D eigenvalue weighted by Gasteiger charge is 2.27. The normalized spacial score (nSPS) is 17.4. The summed E-state index contributed by atoms with van der Waals surface area (Å²) < 4.78 is 2.00. The van der Waals surface area contributed by atoms with Gasteiger partial charge in [-0.25, -0.2) is 9.97 Å². The Labute approximate surface area is 192 Å². The second-order valence-corrected chi connectivity index (χ2v) is 9.12. The number of piperidine rings is 1. The number of fused-ring (bicyclic) bond motifs is 2. The van der Waals surface area contributed by atoms with Crippen molar-refractivity contribution in [3.63, 3.8) is 0 Å². The zero-order chi connectivity index (χ0) is 22.4. The standard InChI is InChI=1S/C25H27N7O/c1-25(33)8-13-30(14-9-25)20-4-2-19(3-5-20)28-23-24-27-11-15-32(24)17-22(29-23)31-12-7-18-6-10-26-21(18)16-31/h2-7,10-12,15,17,26,33H,8-9,13-14,16H2,1H3,(H,28,29). The van der Waals surface area contributed by atoms with E-state index in [0.717, 1.165) is 49.6 Å². The molecule has 1 aromatic carbocycles. The summed E-state index contributed by atoms with van der Waals surface area (Å²) in [6.45, 7) is 4.39. The van der Waals surface area contributed by atoms with Gasteiger partial charge in [-0.15, -0.1) is 0 Å². The lowest BCUT2D eigenvalue weighted by atomic mass is 9.93. The summed E-state index contributed by atoms with van der Waals surface area (Å²) in [6.07, 6.45) is 13.4. The van der Waals surface area contributed by atoms with Crippen LogP contribution in [0.15, 0.2) is 61.3 Å². The zero-order valence-electron chi connectivity index (χ0n) is 18.6. The van der Waals surface area contributed by atoms with Gasteiger partial charge in [0.25, 0.3) is 0 Å². The van der Waals surface area contributed by atoms with Crippen LogP contribution in [0, 0.1) is 0 Å². The van der Waals surface area contributed by atoms with Crippen molar-refractivity contribution >= 4 is 34.7 Å². The van der Waals surface area contributed by atoms with Crippen molar-refractivity contribution in [2.75, 3.05) is 28.2 Å². The Hall–Kier alpha value is -3.78. The molecule has 0 saturated carbocycles. The maximum atomic E-state index is 10.2. The number of aromatic nitrogens is 4. The van der Waals surface area contributed by atoms with Gasteiger partial charge in [0.1, 0.15) is 0 Å². The van der Waals surface area contributed by atoms with Gasteiger partial charge in [-0.05, 0) is 61.7 Å². The highest BCUT2D eigenvalue weighted by atomic mass is 16.3. The number of aliphatic hydroxyl groups is 1. The van der Waals surface area contributed by atoms with Crippen LogP contribution in [0.5, 0.6) is 0 Å². The van der Waals surface area contributed by atoms with Gasteiger partial charge in [0.05, 0.1) is 18.3 Å². The van der Waals surface area contributed by atoms with Crippen LogP contribution in [0.25, 0.3) is 11.7 Å². The van der Waals surface area contributed by atoms with E-state index in [9.17, 15) is 5.11 Å². The number of nitrogens with zero attached hydrogens (tertiary/aromatic N) is 5. The molecular formula is C25H27N7O. The van der Waals surface area contributed by atoms with E-state index in [1.807, 2.05) is 29.9 Å². The Balaban J connectivity index is 1.24. The summed E-state index contributed by atoms with van der Waals surface area (Å²) in [7, 11) is 0. The summed E-state index contributed by atoms with van der Waals surface area (Å²) >= 11 is 0. The molecule has 0 unspecified atom stereocenters. The molecule has 1 fully saturated rings. The predicted molar refractivity (Wildman–Crippen MR) is 131 cm³/mol. The minimum Gasteiger partial charge on any atom is -0.390 e. The number of imidazole rings is 1. The van der Waals surface area contributed by atoms with E-state index in [2.05, 4.69) is 67.7 Å². The van der Waals surface area contributed by atoms with Crippen LogP contribution < -0.4 is 15.1 Å². The Morgan fingerprint density at radius 2 is 1.94 bits per heavy atom. The summed E-state index contributed by atoms with van der Waals surface area (Å²) in [4.78, 5) is 17.2. The molecule has 8 heteroatoms. The van der Waals surface area contributed by atoms with E-state index in [0.29, 0.717) is 5.82 Å². The molecule has 1 saturated heterocycles. The number of hydrogen-bond donors (Lipinski definition) is 3. The SMILES string of the molecule is CC1(O)CCN(c2ccc(Nc3nc(N4C=Cc5cc[nH]c5C4)cn4ccnc34)cc2)CC1. The maximum Gasteiger partial charge on any atom is 0.180 e. The van der Waals surface area contributed by atoms with E-state index in [-0.39, 0.29) is 0 Å². The zero-order valence-corrected chi connectivity index (χ0v) is 18.6. The average molecular weight is 442 g/mol. The molecule has 0 radical (unpaired) electrons. The van der Waals surface area contributed by atoms with Gasteiger partial charge < -0.3 is 29.6 Å². The summed E-state index contributed by atoms with van der Waals surface area (Å²) in [5.74, 6) is 1.56. The number of rotatable bonds is 4. The van der Waals surface area contributed by atoms with Crippen LogP contribution in [0.4, 0.5) is 23.0 Å². The fourth-order valence-electron chi connectivity index (χ4n) is 4.54. The molecule has 33 heavy (non-hydrogen) atoms. The molecule has 0 bridgehead atoms. The topological polar surface area (TPSA) is 84.7 Å². The molecule has 8 nitrogen and oxygen atoms in total. The van der Waals surface area contributed by atoms with Crippen molar-refractivity contribution in [2.24, 2.45) is 0 Å². The van der Waals surface area contributed by atoms with Gasteiger partial charge in [-0.2, -0.15) is 0 Å². The van der Waals surface area contributed by atoms with Crippen molar-refractivity contribution in [3.8, 4) is 0 Å². The molecule has 168 valence electrons. The number of hydrogen-bond acceptors (Lipinski definition) is 6. The fourth-order valence-corrected chi connectivity index (χ4v) is 4.54. The van der Waals surface area contributed by atoms with Crippen molar-refractivity contribution in [2.45, 2.75) is 31.9 Å². The minimum atomic E-state index is -0.545. The Morgan fingerprint density at radius 1 is 1.12 bits per heavy atom. The first-order valence-corrected chi connectivity index (χ1v) is 11.3. The fraction of sp³-hybridized carbons (Fsp3) is 0.280. The number of nitrogens with one attached hydrogen (secondary N) is 2. The van der Waals surface area contributed by atoms with E-state index >= 15 is 0 Å². The van der Waals surface area contributed by atoms with Crippen molar-refractivity contribution in [3.05, 3.63) is 72.6 Å². The average Bonchev–Trinajstić information content (AvgIpc) is 3.48. The molecule has 0 atom stereocenters. The van der Waals surface area contributed by atoms with Gasteiger partial charge >= 0.3 is 0 Å². The largest absolute Gasteiger partial charge is 0.390 e. The molecule has 6 rings (SSSR count). The summed E-state index contributed by atoms with van der Waals surface area (Å²) in [5.41, 5.74) is 4.75. The Kier molecular flexibility index (Phi) is 4.62. The Morgan fingerprint density at radius 3 is 2.76 bits per heavy atom. The third-order valence-electron chi connectivity index (χ3n) is 6.62. The lowest BCUT2D eigenvalue weighted by Crippen LogP contribution is -2.42. The molecule has 3 N–H and O–H groups in total. The third-order valence-corrected chi connectivity index (χ3v) is 6.62. The van der Waals surface area contributed by atoms with E-state index in [1.165, 1.54) is 16.9 Å². The molecule has 0 aliphatic carbocycles. The Bertz CT molecular complexity index is 1310. The first-order chi connectivity index (χ1) is 16.0. The van der Waals surface area contributed by atoms with E-state index in [4.69, 9.17) is 4.98 Å². The first-order valence-electron chi connectivity index (χ1n) is 11.3. The lowest BCUT2D eigenvalue weighted by Gasteiger charge is -2.37. The quantitative estimate of drug-likeness (QED) is 0.441. The monoisotopic (exact) mass is 441 g/mol. The van der Waals surface area contributed by atoms with Crippen LogP contribution in [0.1, 0.15) is 31.0 Å². The molecule has 0 amide bonds. The van der Waals surface area contributed by atoms with Gasteiger partial charge in [0.2, 0.25) is 0 Å². The van der Waals surface area contributed by atoms with E-state index in [1.54, 1.807) is 6.20 Å². The highest BCUT2D eigenvalue weighted by molar-refractivity contribution is 5.73. The van der Waals surface area contributed by atoms with Crippen LogP contribution in [0.3, 0.4) is 0 Å². The molecule has 2 aliphatic heterocycles. The smallest absolute Gasteiger partial charge is 0.180 e. The van der Waals surface area contributed by atoms with Crippen LogP contribution in [0.2, 0.25) is 0 Å². The first kappa shape index (κ1) is 19.9. The molecule has 2 aliphatic rings. The van der Waals surface area contributed by atoms with Crippen LogP contribution in [-0.4, -0.2) is 43.1 Å². The number of aromatic amines is 1. The van der Waals surface area contributed by atoms with Crippen molar-refractivity contribution in [1.82, 2.24) is 19.4 Å². The molecule has 0 spiro atoms. The highest BCUT2D eigenvalue weighted by Crippen LogP contribution is 2.29. The second-order valence-electron chi connectivity index (χ2n) is 9.12. The predicted octanol–water partition coefficient (Wildman–Crippen LogP) is 4.14. The third kappa shape index (κ3) is 3.82. The molecule has 3 aromatic heterocycles. The minimum absolute atomic E-state index is 0.545. The van der Waals surface area contributed by atoms with Gasteiger partial charge in [-0.1, -0.05) is 0 Å². The van der Waals surface area contributed by atoms with Crippen molar-refractivity contribution < 1.29 is 5.11 Å². The lowest BCUT2D eigenvalue weighted by molar-refractivity contribution is 0.0351. The molecule has 5 heterocycles. The van der Waals surface area contributed by atoms with Crippen LogP contribution in [-0.2, 0) is 6.54 Å². The molecular weight excluding hydrogens is 414 g/mol. The number of H-pyrrole nitrogens is 1. The summed E-state index contributed by atoms with van der Waals surface area (Å²) in [6, 6.07) is 10.5. The van der Waals surface area contributed by atoms with Crippen molar-refractivity contribution in [1.29, 1.82) is 0 Å². The van der Waals surface area contributed by atoms with E-state index < -0.39 is 5.60 Å². The van der Waals surface area contributed by atoms with Gasteiger partial charge in [-0.3, -0.25) is 0 Å². The van der Waals surface area contributed by atoms with Gasteiger partial charge in [0.15, 0.2) is 17.3 Å².